The summed E-state index contributed by atoms with van der Waals surface area (Å²) in [5.74, 6) is 0.396. The van der Waals surface area contributed by atoms with Gasteiger partial charge in [-0.25, -0.2) is 4.98 Å². The molecular weight excluding hydrogens is 366 g/mol. The first kappa shape index (κ1) is 18.6. The fraction of sp³-hybridized carbons (Fsp3) is 0.167. The van der Waals surface area contributed by atoms with Crippen molar-refractivity contribution < 1.29 is 9.72 Å². The van der Waals surface area contributed by atoms with Gasteiger partial charge in [0.15, 0.2) is 0 Å². The van der Waals surface area contributed by atoms with Gasteiger partial charge in [0.05, 0.1) is 10.7 Å². The van der Waals surface area contributed by atoms with Crippen LogP contribution in [0.5, 0.6) is 0 Å². The number of thioether (sulfide) groups is 1. The first-order valence-electron chi connectivity index (χ1n) is 8.14. The number of anilines is 1. The zero-order valence-corrected chi connectivity index (χ0v) is 15.3. The van der Waals surface area contributed by atoms with Crippen molar-refractivity contribution in [3.8, 4) is 0 Å². The number of aromatic nitrogens is 3. The minimum atomic E-state index is -0.513. The number of rotatable bonds is 7. The fourth-order valence-electron chi connectivity index (χ4n) is 2.43. The molecule has 3 aromatic rings. The number of nitrogens with one attached hydrogen (secondary N) is 2. The van der Waals surface area contributed by atoms with Crippen LogP contribution in [0, 0.1) is 17.0 Å². The molecule has 1 aromatic heterocycles. The van der Waals surface area contributed by atoms with Crippen LogP contribution in [-0.4, -0.2) is 31.8 Å². The van der Waals surface area contributed by atoms with E-state index in [4.69, 9.17) is 0 Å². The van der Waals surface area contributed by atoms with Crippen LogP contribution in [0.25, 0.3) is 0 Å². The van der Waals surface area contributed by atoms with Crippen LogP contribution < -0.4 is 5.32 Å². The van der Waals surface area contributed by atoms with Crippen LogP contribution in [0.4, 0.5) is 11.4 Å². The number of carbonyl (C=O) groups is 1. The van der Waals surface area contributed by atoms with Gasteiger partial charge in [0.1, 0.15) is 11.5 Å². The standard InChI is InChI=1S/C18H17N5O3S/c1-12-7-8-14(15(9-12)23(25)26)19-17(24)11-27-18-20-16(21-22-18)10-13-5-3-2-4-6-13/h2-9H,10-11H2,1H3,(H,19,24)(H,20,21,22). The molecule has 1 amide bonds. The van der Waals surface area contributed by atoms with Crippen LogP contribution in [0.2, 0.25) is 0 Å². The lowest BCUT2D eigenvalue weighted by molar-refractivity contribution is -0.384. The van der Waals surface area contributed by atoms with Crippen LogP contribution in [0.1, 0.15) is 17.0 Å². The van der Waals surface area contributed by atoms with E-state index in [0.717, 1.165) is 22.9 Å². The van der Waals surface area contributed by atoms with Crippen LogP contribution >= 0.6 is 11.8 Å². The van der Waals surface area contributed by atoms with Gasteiger partial charge in [0.25, 0.3) is 5.69 Å². The van der Waals surface area contributed by atoms with E-state index in [2.05, 4.69) is 20.5 Å². The summed E-state index contributed by atoms with van der Waals surface area (Å²) in [6.45, 7) is 1.75. The van der Waals surface area contributed by atoms with Gasteiger partial charge in [0, 0.05) is 12.5 Å². The van der Waals surface area contributed by atoms with Crippen LogP contribution in [0.3, 0.4) is 0 Å². The minimum Gasteiger partial charge on any atom is -0.320 e. The predicted octanol–water partition coefficient (Wildman–Crippen LogP) is 3.34. The zero-order valence-electron chi connectivity index (χ0n) is 14.5. The molecule has 0 bridgehead atoms. The summed E-state index contributed by atoms with van der Waals surface area (Å²) < 4.78 is 0. The Hall–Kier alpha value is -3.20. The van der Waals surface area contributed by atoms with Gasteiger partial charge in [-0.15, -0.1) is 5.10 Å². The Balaban J connectivity index is 1.56. The average Bonchev–Trinajstić information content (AvgIpc) is 3.09. The van der Waals surface area contributed by atoms with Crippen molar-refractivity contribution >= 4 is 29.0 Å². The molecule has 0 saturated heterocycles. The molecule has 9 heteroatoms. The van der Waals surface area contributed by atoms with Crippen molar-refractivity contribution in [2.75, 3.05) is 11.1 Å². The number of nitro groups is 1. The molecule has 0 aliphatic rings. The summed E-state index contributed by atoms with van der Waals surface area (Å²) in [6, 6.07) is 14.5. The van der Waals surface area contributed by atoms with Crippen molar-refractivity contribution in [3.05, 3.63) is 75.6 Å². The van der Waals surface area contributed by atoms with E-state index in [9.17, 15) is 14.9 Å². The van der Waals surface area contributed by atoms with Gasteiger partial charge in [0.2, 0.25) is 11.1 Å². The maximum Gasteiger partial charge on any atom is 0.293 e. The number of hydrogen-bond acceptors (Lipinski definition) is 6. The summed E-state index contributed by atoms with van der Waals surface area (Å²) in [5.41, 5.74) is 1.91. The van der Waals surface area contributed by atoms with Crippen molar-refractivity contribution in [1.29, 1.82) is 0 Å². The van der Waals surface area contributed by atoms with Gasteiger partial charge in [-0.1, -0.05) is 48.2 Å². The molecule has 0 spiro atoms. The quantitative estimate of drug-likeness (QED) is 0.367. The molecule has 27 heavy (non-hydrogen) atoms. The van der Waals surface area contributed by atoms with Crippen molar-refractivity contribution in [2.24, 2.45) is 0 Å². The number of benzene rings is 2. The molecule has 0 aliphatic heterocycles. The molecule has 0 unspecified atom stereocenters. The van der Waals surface area contributed by atoms with E-state index in [1.165, 1.54) is 12.1 Å². The van der Waals surface area contributed by atoms with E-state index < -0.39 is 4.92 Å². The number of hydrogen-bond donors (Lipinski definition) is 2. The van der Waals surface area contributed by atoms with Gasteiger partial charge >= 0.3 is 0 Å². The second kappa shape index (κ2) is 8.45. The number of aryl methyl sites for hydroxylation is 1. The van der Waals surface area contributed by atoms with Crippen LogP contribution in [-0.2, 0) is 11.2 Å². The monoisotopic (exact) mass is 383 g/mol. The van der Waals surface area contributed by atoms with E-state index in [-0.39, 0.29) is 23.0 Å². The Kier molecular flexibility index (Phi) is 5.82. The summed E-state index contributed by atoms with van der Waals surface area (Å²) in [5, 5.41) is 21.1. The first-order chi connectivity index (χ1) is 13.0. The highest BCUT2D eigenvalue weighted by atomic mass is 32.2. The number of nitrogens with zero attached hydrogens (tertiary/aromatic N) is 3. The maximum atomic E-state index is 12.1. The molecule has 138 valence electrons. The summed E-state index contributed by atoms with van der Waals surface area (Å²) in [6.07, 6.45) is 0.621. The van der Waals surface area contributed by atoms with E-state index in [0.29, 0.717) is 17.4 Å². The lowest BCUT2D eigenvalue weighted by Crippen LogP contribution is -2.15. The molecule has 0 fully saturated rings. The summed E-state index contributed by atoms with van der Waals surface area (Å²) in [4.78, 5) is 27.1. The molecular formula is C18H17N5O3S. The third-order valence-corrected chi connectivity index (χ3v) is 4.53. The SMILES string of the molecule is Cc1ccc(NC(=O)CSc2n[nH]c(Cc3ccccc3)n2)c([N+](=O)[O-])c1. The highest BCUT2D eigenvalue weighted by molar-refractivity contribution is 7.99. The van der Waals surface area contributed by atoms with Gasteiger partial charge < -0.3 is 5.32 Å². The van der Waals surface area contributed by atoms with Gasteiger partial charge in [-0.05, 0) is 24.1 Å². The number of H-pyrrole nitrogens is 1. The number of nitro benzene ring substituents is 1. The minimum absolute atomic E-state index is 0.0493. The van der Waals surface area contributed by atoms with Gasteiger partial charge in [-0.3, -0.25) is 20.0 Å². The maximum absolute atomic E-state index is 12.1. The molecule has 2 aromatic carbocycles. The number of aromatic amines is 1. The molecule has 0 aliphatic carbocycles. The second-order valence-electron chi connectivity index (χ2n) is 5.84. The Morgan fingerprint density at radius 1 is 1.26 bits per heavy atom. The molecule has 2 N–H and O–H groups in total. The third-order valence-electron chi connectivity index (χ3n) is 3.68. The van der Waals surface area contributed by atoms with Crippen molar-refractivity contribution in [2.45, 2.75) is 18.5 Å². The normalized spacial score (nSPS) is 10.6. The average molecular weight is 383 g/mol. The highest BCUT2D eigenvalue weighted by Gasteiger charge is 2.16. The lowest BCUT2D eigenvalue weighted by atomic mass is 10.1. The number of carbonyl (C=O) groups excluding carboxylic acids is 1. The fourth-order valence-corrected chi connectivity index (χ4v) is 3.04. The van der Waals surface area contributed by atoms with E-state index in [1.54, 1.807) is 13.0 Å². The van der Waals surface area contributed by atoms with E-state index in [1.807, 2.05) is 30.3 Å². The summed E-state index contributed by atoms with van der Waals surface area (Å²) >= 11 is 1.16. The van der Waals surface area contributed by atoms with Crippen LogP contribution in [0.15, 0.2) is 53.7 Å². The Bertz CT molecular complexity index is 959. The molecule has 8 nitrogen and oxygen atoms in total. The Labute approximate surface area is 159 Å². The molecule has 1 heterocycles. The molecule has 0 radical (unpaired) electrons. The van der Waals surface area contributed by atoms with E-state index >= 15 is 0 Å². The zero-order chi connectivity index (χ0) is 19.2. The highest BCUT2D eigenvalue weighted by Crippen LogP contribution is 2.25. The number of amides is 1. The van der Waals surface area contributed by atoms with Gasteiger partial charge in [-0.2, -0.15) is 0 Å². The van der Waals surface area contributed by atoms with Crippen molar-refractivity contribution in [3.63, 3.8) is 0 Å². The Morgan fingerprint density at radius 3 is 2.78 bits per heavy atom. The Morgan fingerprint density at radius 2 is 2.04 bits per heavy atom. The third kappa shape index (κ3) is 5.14. The largest absolute Gasteiger partial charge is 0.320 e. The second-order valence-corrected chi connectivity index (χ2v) is 6.78. The lowest BCUT2D eigenvalue weighted by Gasteiger charge is -2.05. The molecule has 3 rings (SSSR count). The summed E-state index contributed by atoms with van der Waals surface area (Å²) in [7, 11) is 0. The van der Waals surface area contributed by atoms with Crippen molar-refractivity contribution in [1.82, 2.24) is 15.2 Å². The topological polar surface area (TPSA) is 114 Å². The predicted molar refractivity (Wildman–Crippen MR) is 103 cm³/mol. The smallest absolute Gasteiger partial charge is 0.293 e. The first-order valence-corrected chi connectivity index (χ1v) is 9.13. The molecule has 0 saturated carbocycles. The molecule has 0 atom stereocenters.